The molecular formula is C12H17FO2. The minimum absolute atomic E-state index is 0.210. The SMILES string of the molecule is CC(C)COc1cc([C@@H](C)O)ccc1F. The zero-order valence-corrected chi connectivity index (χ0v) is 9.33. The molecular weight excluding hydrogens is 195 g/mol. The maximum atomic E-state index is 13.3. The monoisotopic (exact) mass is 212 g/mol. The van der Waals surface area contributed by atoms with Gasteiger partial charge in [-0.25, -0.2) is 4.39 Å². The lowest BCUT2D eigenvalue weighted by Gasteiger charge is -2.12. The number of aliphatic hydroxyl groups is 1. The molecule has 0 unspecified atom stereocenters. The lowest BCUT2D eigenvalue weighted by atomic mass is 10.1. The van der Waals surface area contributed by atoms with Crippen LogP contribution in [-0.2, 0) is 0 Å². The predicted octanol–water partition coefficient (Wildman–Crippen LogP) is 2.91. The van der Waals surface area contributed by atoms with Gasteiger partial charge >= 0.3 is 0 Å². The average molecular weight is 212 g/mol. The Morgan fingerprint density at radius 2 is 2.00 bits per heavy atom. The van der Waals surface area contributed by atoms with Crippen molar-refractivity contribution in [2.45, 2.75) is 26.9 Å². The Morgan fingerprint density at radius 3 is 2.53 bits per heavy atom. The zero-order chi connectivity index (χ0) is 11.4. The van der Waals surface area contributed by atoms with Gasteiger partial charge in [-0.1, -0.05) is 19.9 Å². The Bertz CT molecular complexity index is 321. The normalized spacial score (nSPS) is 12.9. The van der Waals surface area contributed by atoms with E-state index in [-0.39, 0.29) is 11.6 Å². The number of aliphatic hydroxyl groups excluding tert-OH is 1. The molecule has 0 bridgehead atoms. The molecule has 0 amide bonds. The van der Waals surface area contributed by atoms with Crippen LogP contribution in [0.25, 0.3) is 0 Å². The molecule has 84 valence electrons. The Labute approximate surface area is 89.7 Å². The first-order valence-corrected chi connectivity index (χ1v) is 5.11. The van der Waals surface area contributed by atoms with Gasteiger partial charge in [0.1, 0.15) is 0 Å². The van der Waals surface area contributed by atoms with Gasteiger partial charge in [-0.05, 0) is 30.5 Å². The number of hydrogen-bond donors (Lipinski definition) is 1. The summed E-state index contributed by atoms with van der Waals surface area (Å²) in [6.07, 6.45) is -0.605. The molecule has 1 aromatic carbocycles. The minimum atomic E-state index is -0.605. The van der Waals surface area contributed by atoms with Crippen LogP contribution in [-0.4, -0.2) is 11.7 Å². The fraction of sp³-hybridized carbons (Fsp3) is 0.500. The third kappa shape index (κ3) is 3.51. The van der Waals surface area contributed by atoms with Crippen LogP contribution in [0.15, 0.2) is 18.2 Å². The van der Waals surface area contributed by atoms with E-state index in [0.29, 0.717) is 18.1 Å². The first-order chi connectivity index (χ1) is 7.00. The second-order valence-corrected chi connectivity index (χ2v) is 4.07. The highest BCUT2D eigenvalue weighted by Gasteiger charge is 2.08. The largest absolute Gasteiger partial charge is 0.490 e. The van der Waals surface area contributed by atoms with Crippen LogP contribution < -0.4 is 4.74 Å². The summed E-state index contributed by atoms with van der Waals surface area (Å²) in [6.45, 7) is 6.10. The number of rotatable bonds is 4. The van der Waals surface area contributed by atoms with E-state index in [1.165, 1.54) is 6.07 Å². The van der Waals surface area contributed by atoms with E-state index >= 15 is 0 Å². The zero-order valence-electron chi connectivity index (χ0n) is 9.33. The van der Waals surface area contributed by atoms with Crippen molar-refractivity contribution < 1.29 is 14.2 Å². The summed E-state index contributed by atoms with van der Waals surface area (Å²) in [7, 11) is 0. The van der Waals surface area contributed by atoms with Crippen LogP contribution in [0.3, 0.4) is 0 Å². The van der Waals surface area contributed by atoms with Crippen molar-refractivity contribution in [2.75, 3.05) is 6.61 Å². The van der Waals surface area contributed by atoms with Crippen LogP contribution in [0.2, 0.25) is 0 Å². The molecule has 1 rings (SSSR count). The summed E-state index contributed by atoms with van der Waals surface area (Å²) in [5, 5.41) is 9.34. The van der Waals surface area contributed by atoms with Crippen molar-refractivity contribution in [3.8, 4) is 5.75 Å². The molecule has 0 saturated heterocycles. The molecule has 1 N–H and O–H groups in total. The first-order valence-electron chi connectivity index (χ1n) is 5.11. The summed E-state index contributed by atoms with van der Waals surface area (Å²) in [5.74, 6) is 0.168. The van der Waals surface area contributed by atoms with Gasteiger partial charge < -0.3 is 9.84 Å². The minimum Gasteiger partial charge on any atom is -0.490 e. The second kappa shape index (κ2) is 5.12. The molecule has 15 heavy (non-hydrogen) atoms. The van der Waals surface area contributed by atoms with Crippen LogP contribution in [0.5, 0.6) is 5.75 Å². The standard InChI is InChI=1S/C12H17FO2/c1-8(2)7-15-12-6-10(9(3)14)4-5-11(12)13/h4-6,8-9,14H,7H2,1-3H3/t9-/m1/s1. The molecule has 0 saturated carbocycles. The van der Waals surface area contributed by atoms with E-state index in [2.05, 4.69) is 0 Å². The van der Waals surface area contributed by atoms with Gasteiger partial charge in [-0.2, -0.15) is 0 Å². The van der Waals surface area contributed by atoms with Gasteiger partial charge in [0.25, 0.3) is 0 Å². The van der Waals surface area contributed by atoms with Gasteiger partial charge in [0.05, 0.1) is 12.7 Å². The van der Waals surface area contributed by atoms with Crippen LogP contribution in [0, 0.1) is 11.7 Å². The maximum Gasteiger partial charge on any atom is 0.165 e. The number of ether oxygens (including phenoxy) is 1. The number of benzene rings is 1. The van der Waals surface area contributed by atoms with Crippen LogP contribution in [0.1, 0.15) is 32.4 Å². The maximum absolute atomic E-state index is 13.3. The van der Waals surface area contributed by atoms with Crippen LogP contribution >= 0.6 is 0 Å². The highest BCUT2D eigenvalue weighted by molar-refractivity contribution is 5.31. The molecule has 0 fully saturated rings. The summed E-state index contributed by atoms with van der Waals surface area (Å²) in [5.41, 5.74) is 0.662. The van der Waals surface area contributed by atoms with Gasteiger partial charge in [-0.3, -0.25) is 0 Å². The van der Waals surface area contributed by atoms with E-state index in [0.717, 1.165) is 0 Å². The molecule has 1 aromatic rings. The lowest BCUT2D eigenvalue weighted by molar-refractivity contribution is 0.197. The van der Waals surface area contributed by atoms with Gasteiger partial charge in [0.15, 0.2) is 11.6 Å². The molecule has 0 heterocycles. The molecule has 2 nitrogen and oxygen atoms in total. The number of halogens is 1. The lowest BCUT2D eigenvalue weighted by Crippen LogP contribution is -2.06. The van der Waals surface area contributed by atoms with Gasteiger partial charge in [0, 0.05) is 0 Å². The summed E-state index contributed by atoms with van der Waals surface area (Å²) < 4.78 is 18.6. The third-order valence-corrected chi connectivity index (χ3v) is 2.01. The van der Waals surface area contributed by atoms with Crippen molar-refractivity contribution in [3.05, 3.63) is 29.6 Å². The molecule has 0 aromatic heterocycles. The van der Waals surface area contributed by atoms with E-state index in [1.54, 1.807) is 19.1 Å². The summed E-state index contributed by atoms with van der Waals surface area (Å²) in [4.78, 5) is 0. The number of hydrogen-bond acceptors (Lipinski definition) is 2. The van der Waals surface area contributed by atoms with E-state index in [9.17, 15) is 9.50 Å². The quantitative estimate of drug-likeness (QED) is 0.831. The highest BCUT2D eigenvalue weighted by Crippen LogP contribution is 2.23. The van der Waals surface area contributed by atoms with Gasteiger partial charge in [0.2, 0.25) is 0 Å². The molecule has 0 aliphatic rings. The smallest absolute Gasteiger partial charge is 0.165 e. The van der Waals surface area contributed by atoms with Crippen molar-refractivity contribution in [3.63, 3.8) is 0 Å². The third-order valence-electron chi connectivity index (χ3n) is 2.01. The van der Waals surface area contributed by atoms with Crippen molar-refractivity contribution in [1.82, 2.24) is 0 Å². The first kappa shape index (κ1) is 12.0. The Kier molecular flexibility index (Phi) is 4.09. The fourth-order valence-corrected chi connectivity index (χ4v) is 1.15. The highest BCUT2D eigenvalue weighted by atomic mass is 19.1. The Hall–Kier alpha value is -1.09. The second-order valence-electron chi connectivity index (χ2n) is 4.07. The molecule has 0 spiro atoms. The Morgan fingerprint density at radius 1 is 1.33 bits per heavy atom. The summed E-state index contributed by atoms with van der Waals surface area (Å²) in [6, 6.07) is 4.42. The van der Waals surface area contributed by atoms with E-state index in [1.807, 2.05) is 13.8 Å². The predicted molar refractivity (Wildman–Crippen MR) is 57.4 cm³/mol. The van der Waals surface area contributed by atoms with Crippen molar-refractivity contribution in [2.24, 2.45) is 5.92 Å². The molecule has 0 aliphatic carbocycles. The summed E-state index contributed by atoms with van der Waals surface area (Å²) >= 11 is 0. The van der Waals surface area contributed by atoms with E-state index < -0.39 is 6.10 Å². The molecule has 0 radical (unpaired) electrons. The Balaban J connectivity index is 2.81. The molecule has 1 atom stereocenters. The topological polar surface area (TPSA) is 29.5 Å². The molecule has 0 aliphatic heterocycles. The fourth-order valence-electron chi connectivity index (χ4n) is 1.15. The van der Waals surface area contributed by atoms with E-state index in [4.69, 9.17) is 4.74 Å². The van der Waals surface area contributed by atoms with Gasteiger partial charge in [-0.15, -0.1) is 0 Å². The van der Waals surface area contributed by atoms with Crippen molar-refractivity contribution in [1.29, 1.82) is 0 Å². The molecule has 3 heteroatoms. The average Bonchev–Trinajstić information content (AvgIpc) is 2.16. The van der Waals surface area contributed by atoms with Crippen molar-refractivity contribution >= 4 is 0 Å². The van der Waals surface area contributed by atoms with Crippen LogP contribution in [0.4, 0.5) is 4.39 Å².